The summed E-state index contributed by atoms with van der Waals surface area (Å²) in [7, 11) is 0. The molecule has 20 heavy (non-hydrogen) atoms. The van der Waals surface area contributed by atoms with Crippen molar-refractivity contribution in [3.8, 4) is 11.5 Å². The number of aliphatic hydroxyl groups is 1. The minimum absolute atomic E-state index is 0. The van der Waals surface area contributed by atoms with Crippen LogP contribution in [0.25, 0.3) is 0 Å². The van der Waals surface area contributed by atoms with Crippen LogP contribution >= 0.6 is 12.4 Å². The first-order valence-electron chi connectivity index (χ1n) is 6.50. The number of hydrogen-bond donors (Lipinski definition) is 2. The van der Waals surface area contributed by atoms with E-state index in [-0.39, 0.29) is 19.0 Å². The topological polar surface area (TPSA) is 50.7 Å². The van der Waals surface area contributed by atoms with Crippen LogP contribution in [0.2, 0.25) is 0 Å². The average Bonchev–Trinajstić information content (AvgIpc) is 2.41. The predicted molar refractivity (Wildman–Crippen MR) is 84.0 cm³/mol. The molecule has 0 spiro atoms. The molecule has 1 aromatic rings. The minimum Gasteiger partial charge on any atom is -0.487 e. The molecule has 5 heteroatoms. The molecule has 0 saturated carbocycles. The maximum absolute atomic E-state index is 9.78. The highest BCUT2D eigenvalue weighted by Gasteiger charge is 2.08. The van der Waals surface area contributed by atoms with Gasteiger partial charge in [0.25, 0.3) is 0 Å². The van der Waals surface area contributed by atoms with Gasteiger partial charge in [0.1, 0.15) is 19.3 Å². The fourth-order valence-electron chi connectivity index (χ4n) is 1.45. The van der Waals surface area contributed by atoms with Gasteiger partial charge in [-0.3, -0.25) is 0 Å². The third-order valence-corrected chi connectivity index (χ3v) is 2.40. The summed E-state index contributed by atoms with van der Waals surface area (Å²) in [6, 6.07) is 7.74. The van der Waals surface area contributed by atoms with E-state index in [1.807, 2.05) is 38.1 Å². The van der Waals surface area contributed by atoms with Crippen molar-refractivity contribution in [2.45, 2.75) is 26.0 Å². The van der Waals surface area contributed by atoms with E-state index < -0.39 is 6.10 Å². The zero-order valence-corrected chi connectivity index (χ0v) is 12.9. The fourth-order valence-corrected chi connectivity index (χ4v) is 1.45. The minimum atomic E-state index is -0.546. The van der Waals surface area contributed by atoms with E-state index in [0.717, 1.165) is 0 Å². The molecule has 1 rings (SSSR count). The van der Waals surface area contributed by atoms with Gasteiger partial charge in [-0.1, -0.05) is 38.6 Å². The SMILES string of the molecule is C=CCOc1ccccc1OC[C@H](O)CNC(C)C.Cl. The molecule has 0 aliphatic heterocycles. The Morgan fingerprint density at radius 2 is 1.85 bits per heavy atom. The second-order valence-corrected chi connectivity index (χ2v) is 4.57. The first-order chi connectivity index (χ1) is 9.13. The zero-order valence-electron chi connectivity index (χ0n) is 12.0. The summed E-state index contributed by atoms with van der Waals surface area (Å²) in [5, 5.41) is 12.9. The van der Waals surface area contributed by atoms with Crippen LogP contribution in [0.5, 0.6) is 11.5 Å². The maximum atomic E-state index is 9.78. The van der Waals surface area contributed by atoms with Crippen LogP contribution in [0.1, 0.15) is 13.8 Å². The number of nitrogens with one attached hydrogen (secondary N) is 1. The van der Waals surface area contributed by atoms with Crippen LogP contribution in [0.15, 0.2) is 36.9 Å². The van der Waals surface area contributed by atoms with Crippen molar-refractivity contribution in [1.82, 2.24) is 5.32 Å². The van der Waals surface area contributed by atoms with Gasteiger partial charge in [0.15, 0.2) is 11.5 Å². The molecule has 0 radical (unpaired) electrons. The van der Waals surface area contributed by atoms with Gasteiger partial charge in [-0.25, -0.2) is 0 Å². The van der Waals surface area contributed by atoms with E-state index in [4.69, 9.17) is 9.47 Å². The highest BCUT2D eigenvalue weighted by atomic mass is 35.5. The third-order valence-electron chi connectivity index (χ3n) is 2.40. The first-order valence-corrected chi connectivity index (χ1v) is 6.50. The molecule has 114 valence electrons. The van der Waals surface area contributed by atoms with Crippen LogP contribution in [0.3, 0.4) is 0 Å². The molecule has 0 unspecified atom stereocenters. The number of ether oxygens (including phenoxy) is 2. The second-order valence-electron chi connectivity index (χ2n) is 4.57. The summed E-state index contributed by atoms with van der Waals surface area (Å²) < 4.78 is 11.1. The van der Waals surface area contributed by atoms with Gasteiger partial charge < -0.3 is 19.9 Å². The van der Waals surface area contributed by atoms with Crippen molar-refractivity contribution in [2.75, 3.05) is 19.8 Å². The van der Waals surface area contributed by atoms with Gasteiger partial charge in [-0.2, -0.15) is 0 Å². The van der Waals surface area contributed by atoms with Gasteiger partial charge in [-0.15, -0.1) is 12.4 Å². The summed E-state index contributed by atoms with van der Waals surface area (Å²) in [5.74, 6) is 1.29. The van der Waals surface area contributed by atoms with Crippen LogP contribution in [-0.2, 0) is 0 Å². The Balaban J connectivity index is 0.00000361. The van der Waals surface area contributed by atoms with Crippen LogP contribution in [-0.4, -0.2) is 37.0 Å². The predicted octanol–water partition coefficient (Wildman–Crippen LogP) is 2.41. The summed E-state index contributed by atoms with van der Waals surface area (Å²) in [5.41, 5.74) is 0. The lowest BCUT2D eigenvalue weighted by molar-refractivity contribution is 0.102. The molecule has 1 atom stereocenters. The summed E-state index contributed by atoms with van der Waals surface area (Å²) in [6.45, 7) is 8.84. The Bertz CT molecular complexity index is 385. The Kier molecular flexibility index (Phi) is 9.90. The van der Waals surface area contributed by atoms with Crippen molar-refractivity contribution in [3.05, 3.63) is 36.9 Å². The average molecular weight is 302 g/mol. The lowest BCUT2D eigenvalue weighted by Gasteiger charge is -2.16. The Hall–Kier alpha value is -1.23. The number of benzene rings is 1. The smallest absolute Gasteiger partial charge is 0.161 e. The van der Waals surface area contributed by atoms with Gasteiger partial charge >= 0.3 is 0 Å². The van der Waals surface area contributed by atoms with E-state index in [1.54, 1.807) is 6.08 Å². The third kappa shape index (κ3) is 7.38. The highest BCUT2D eigenvalue weighted by molar-refractivity contribution is 5.85. The van der Waals surface area contributed by atoms with E-state index in [1.165, 1.54) is 0 Å². The van der Waals surface area contributed by atoms with Crippen LogP contribution in [0, 0.1) is 0 Å². The quantitative estimate of drug-likeness (QED) is 0.688. The molecular formula is C15H24ClNO3. The number of halogens is 1. The molecule has 4 nitrogen and oxygen atoms in total. The molecular weight excluding hydrogens is 278 g/mol. The van der Waals surface area contributed by atoms with Crippen LogP contribution in [0.4, 0.5) is 0 Å². The zero-order chi connectivity index (χ0) is 14.1. The molecule has 0 aromatic heterocycles. The molecule has 0 bridgehead atoms. The van der Waals surface area contributed by atoms with Gasteiger partial charge in [0, 0.05) is 12.6 Å². The molecule has 0 amide bonds. The van der Waals surface area contributed by atoms with Crippen molar-refractivity contribution in [2.24, 2.45) is 0 Å². The van der Waals surface area contributed by atoms with E-state index in [2.05, 4.69) is 11.9 Å². The van der Waals surface area contributed by atoms with E-state index in [0.29, 0.717) is 30.7 Å². The first kappa shape index (κ1) is 18.8. The van der Waals surface area contributed by atoms with Crippen LogP contribution < -0.4 is 14.8 Å². The second kappa shape index (κ2) is 10.5. The molecule has 0 saturated heterocycles. The lowest BCUT2D eigenvalue weighted by atomic mass is 10.3. The van der Waals surface area contributed by atoms with E-state index in [9.17, 15) is 5.11 Å². The summed E-state index contributed by atoms with van der Waals surface area (Å²) >= 11 is 0. The number of aliphatic hydroxyl groups excluding tert-OH is 1. The Morgan fingerprint density at radius 1 is 1.25 bits per heavy atom. The molecule has 0 heterocycles. The maximum Gasteiger partial charge on any atom is 0.161 e. The molecule has 0 aliphatic carbocycles. The Morgan fingerprint density at radius 3 is 2.40 bits per heavy atom. The van der Waals surface area contributed by atoms with Crippen molar-refractivity contribution in [3.63, 3.8) is 0 Å². The fraction of sp³-hybridized carbons (Fsp3) is 0.467. The monoisotopic (exact) mass is 301 g/mol. The normalized spacial score (nSPS) is 11.6. The number of para-hydroxylation sites is 2. The molecule has 0 fully saturated rings. The lowest BCUT2D eigenvalue weighted by Crippen LogP contribution is -2.35. The molecule has 0 aliphatic rings. The standard InChI is InChI=1S/C15H23NO3.ClH/c1-4-9-18-14-7-5-6-8-15(14)19-11-13(17)10-16-12(2)3;/h4-8,12-13,16-17H,1,9-11H2,2-3H3;1H/t13-;/m1./s1. The van der Waals surface area contributed by atoms with Gasteiger partial charge in [-0.05, 0) is 12.1 Å². The summed E-state index contributed by atoms with van der Waals surface area (Å²) in [6.07, 6.45) is 1.13. The van der Waals surface area contributed by atoms with Gasteiger partial charge in [0.2, 0.25) is 0 Å². The Labute approximate surface area is 127 Å². The highest BCUT2D eigenvalue weighted by Crippen LogP contribution is 2.26. The van der Waals surface area contributed by atoms with Crippen molar-refractivity contribution in [1.29, 1.82) is 0 Å². The van der Waals surface area contributed by atoms with Crippen molar-refractivity contribution < 1.29 is 14.6 Å². The van der Waals surface area contributed by atoms with Crippen molar-refractivity contribution >= 4 is 12.4 Å². The van der Waals surface area contributed by atoms with E-state index >= 15 is 0 Å². The largest absolute Gasteiger partial charge is 0.487 e. The summed E-state index contributed by atoms with van der Waals surface area (Å²) in [4.78, 5) is 0. The molecule has 2 N–H and O–H groups in total. The number of hydrogen-bond acceptors (Lipinski definition) is 4. The van der Waals surface area contributed by atoms with Gasteiger partial charge in [0.05, 0.1) is 0 Å². The number of rotatable bonds is 9. The molecule has 1 aromatic carbocycles.